The van der Waals surface area contributed by atoms with Crippen LogP contribution in [0.5, 0.6) is 0 Å². The summed E-state index contributed by atoms with van der Waals surface area (Å²) < 4.78 is 3.43. The molecule has 0 spiro atoms. The topological polar surface area (TPSA) is 43.6 Å². The molecule has 0 saturated carbocycles. The van der Waals surface area contributed by atoms with Crippen molar-refractivity contribution in [2.24, 2.45) is 0 Å². The lowest BCUT2D eigenvalue weighted by atomic mass is 10.0. The Bertz CT molecular complexity index is 1870. The third-order valence-electron chi connectivity index (χ3n) is 6.76. The summed E-state index contributed by atoms with van der Waals surface area (Å²) in [7, 11) is 0. The Morgan fingerprint density at radius 1 is 0.526 bits per heavy atom. The number of aromatic nitrogens is 4. The van der Waals surface area contributed by atoms with Gasteiger partial charge in [-0.2, -0.15) is 0 Å². The molecule has 0 bridgehead atoms. The molecule has 5 heteroatoms. The maximum atomic E-state index is 4.93. The number of nitrogens with zero attached hydrogens (tertiary/aromatic N) is 4. The minimum absolute atomic E-state index is 0.815. The molecule has 7 rings (SSSR count). The van der Waals surface area contributed by atoms with Crippen molar-refractivity contribution in [2.75, 3.05) is 0 Å². The maximum Gasteiger partial charge on any atom is 0.0900 e. The largest absolute Gasteiger partial charge is 0.309 e. The standard InChI is InChI=1S/C33H21BrN4/c34-26-12-8-16-32-33(26)25-11-1-2-15-31(25)38(32)24-10-7-9-22(19-24)23-20-29(27-13-3-5-17-35-27)37-30(21-23)28-14-4-6-18-36-28/h1-21H. The summed E-state index contributed by atoms with van der Waals surface area (Å²) in [6, 6.07) is 39.6. The van der Waals surface area contributed by atoms with Crippen LogP contribution >= 0.6 is 15.9 Å². The van der Waals surface area contributed by atoms with E-state index in [0.29, 0.717) is 0 Å². The van der Waals surface area contributed by atoms with Gasteiger partial charge in [0.15, 0.2) is 0 Å². The molecule has 0 aliphatic carbocycles. The first-order chi connectivity index (χ1) is 18.8. The van der Waals surface area contributed by atoms with Crippen LogP contribution in [0, 0.1) is 0 Å². The molecule has 0 N–H and O–H groups in total. The van der Waals surface area contributed by atoms with Gasteiger partial charge in [-0.1, -0.05) is 64.5 Å². The van der Waals surface area contributed by atoms with Crippen LogP contribution in [0.1, 0.15) is 0 Å². The van der Waals surface area contributed by atoms with Gasteiger partial charge in [0, 0.05) is 33.3 Å². The summed E-state index contributed by atoms with van der Waals surface area (Å²) in [6.45, 7) is 0. The molecule has 3 aromatic carbocycles. The third kappa shape index (κ3) is 3.88. The van der Waals surface area contributed by atoms with Crippen LogP contribution in [0.15, 0.2) is 132 Å². The second-order valence-electron chi connectivity index (χ2n) is 9.09. The third-order valence-corrected chi connectivity index (χ3v) is 7.43. The molecular weight excluding hydrogens is 532 g/mol. The molecule has 4 nitrogen and oxygen atoms in total. The molecule has 0 atom stereocenters. The fraction of sp³-hybridized carbons (Fsp3) is 0. The fourth-order valence-corrected chi connectivity index (χ4v) is 5.64. The summed E-state index contributed by atoms with van der Waals surface area (Å²) in [5.74, 6) is 0. The van der Waals surface area contributed by atoms with Crippen LogP contribution in [0.3, 0.4) is 0 Å². The smallest absolute Gasteiger partial charge is 0.0900 e. The molecule has 4 aromatic heterocycles. The van der Waals surface area contributed by atoms with Crippen molar-refractivity contribution in [2.45, 2.75) is 0 Å². The second-order valence-corrected chi connectivity index (χ2v) is 9.95. The molecular formula is C33H21BrN4. The molecule has 0 radical (unpaired) electrons. The van der Waals surface area contributed by atoms with Gasteiger partial charge in [0.2, 0.25) is 0 Å². The number of pyridine rings is 3. The lowest BCUT2D eigenvalue weighted by Crippen LogP contribution is -1.96. The molecule has 0 unspecified atom stereocenters. The van der Waals surface area contributed by atoms with Crippen molar-refractivity contribution in [1.82, 2.24) is 19.5 Å². The molecule has 180 valence electrons. The zero-order valence-electron chi connectivity index (χ0n) is 20.3. The van der Waals surface area contributed by atoms with E-state index in [4.69, 9.17) is 4.98 Å². The van der Waals surface area contributed by atoms with Gasteiger partial charge in [0.1, 0.15) is 0 Å². The van der Waals surface area contributed by atoms with Crippen LogP contribution in [0.25, 0.3) is 61.4 Å². The normalized spacial score (nSPS) is 11.3. The summed E-state index contributed by atoms with van der Waals surface area (Å²) in [5.41, 5.74) is 8.88. The van der Waals surface area contributed by atoms with Crippen molar-refractivity contribution in [1.29, 1.82) is 0 Å². The minimum atomic E-state index is 0.815. The van der Waals surface area contributed by atoms with Crippen LogP contribution in [-0.4, -0.2) is 19.5 Å². The number of hydrogen-bond acceptors (Lipinski definition) is 3. The molecule has 0 aliphatic rings. The molecule has 0 amide bonds. The summed E-state index contributed by atoms with van der Waals surface area (Å²) in [4.78, 5) is 14.1. The highest BCUT2D eigenvalue weighted by atomic mass is 79.9. The van der Waals surface area contributed by atoms with E-state index in [9.17, 15) is 0 Å². The minimum Gasteiger partial charge on any atom is -0.309 e. The number of para-hydroxylation sites is 1. The first kappa shape index (κ1) is 22.6. The number of fused-ring (bicyclic) bond motifs is 3. The monoisotopic (exact) mass is 552 g/mol. The lowest BCUT2D eigenvalue weighted by molar-refractivity contribution is 1.18. The summed E-state index contributed by atoms with van der Waals surface area (Å²) in [6.07, 6.45) is 3.59. The predicted molar refractivity (Wildman–Crippen MR) is 158 cm³/mol. The van der Waals surface area contributed by atoms with Crippen molar-refractivity contribution in [3.8, 4) is 39.6 Å². The van der Waals surface area contributed by atoms with Crippen LogP contribution in [0.2, 0.25) is 0 Å². The molecule has 0 saturated heterocycles. The first-order valence-corrected chi connectivity index (χ1v) is 13.2. The van der Waals surface area contributed by atoms with Crippen LogP contribution in [0.4, 0.5) is 0 Å². The van der Waals surface area contributed by atoms with Gasteiger partial charge in [-0.15, -0.1) is 0 Å². The van der Waals surface area contributed by atoms with E-state index in [-0.39, 0.29) is 0 Å². The van der Waals surface area contributed by atoms with Gasteiger partial charge in [-0.25, -0.2) is 4.98 Å². The maximum absolute atomic E-state index is 4.93. The average molecular weight is 553 g/mol. The van der Waals surface area contributed by atoms with E-state index in [2.05, 4.69) is 109 Å². The Morgan fingerprint density at radius 2 is 1.18 bits per heavy atom. The Hall–Kier alpha value is -4.61. The molecule has 4 heterocycles. The van der Waals surface area contributed by atoms with Gasteiger partial charge < -0.3 is 4.57 Å². The number of benzene rings is 3. The SMILES string of the molecule is Brc1cccc2c1c1ccccc1n2-c1cccc(-c2cc(-c3ccccn3)nc(-c3ccccn3)c2)c1. The zero-order valence-corrected chi connectivity index (χ0v) is 21.9. The van der Waals surface area contributed by atoms with Crippen LogP contribution < -0.4 is 0 Å². The Morgan fingerprint density at radius 3 is 1.89 bits per heavy atom. The average Bonchev–Trinajstić information content (AvgIpc) is 3.33. The highest BCUT2D eigenvalue weighted by Crippen LogP contribution is 2.37. The van der Waals surface area contributed by atoms with Gasteiger partial charge in [0.25, 0.3) is 0 Å². The summed E-state index contributed by atoms with van der Waals surface area (Å²) in [5, 5.41) is 2.44. The second kappa shape index (κ2) is 9.36. The lowest BCUT2D eigenvalue weighted by Gasteiger charge is -2.12. The molecule has 0 fully saturated rings. The van der Waals surface area contributed by atoms with E-state index in [1.165, 1.54) is 16.3 Å². The highest BCUT2D eigenvalue weighted by Gasteiger charge is 2.15. The number of rotatable bonds is 4. The van der Waals surface area contributed by atoms with Crippen molar-refractivity contribution < 1.29 is 0 Å². The highest BCUT2D eigenvalue weighted by molar-refractivity contribution is 9.10. The molecule has 7 aromatic rings. The quantitative estimate of drug-likeness (QED) is 0.219. The van der Waals surface area contributed by atoms with E-state index < -0.39 is 0 Å². The van der Waals surface area contributed by atoms with Gasteiger partial charge >= 0.3 is 0 Å². The number of hydrogen-bond donors (Lipinski definition) is 0. The molecule has 0 aliphatic heterocycles. The number of halogens is 1. The molecule has 38 heavy (non-hydrogen) atoms. The fourth-order valence-electron chi connectivity index (χ4n) is 5.07. The van der Waals surface area contributed by atoms with Crippen LogP contribution in [-0.2, 0) is 0 Å². The van der Waals surface area contributed by atoms with Crippen molar-refractivity contribution >= 4 is 37.7 Å². The van der Waals surface area contributed by atoms with Gasteiger partial charge in [-0.3, -0.25) is 9.97 Å². The predicted octanol–water partition coefficient (Wildman–Crippen LogP) is 8.73. The van der Waals surface area contributed by atoms with Gasteiger partial charge in [0.05, 0.1) is 33.8 Å². The zero-order chi connectivity index (χ0) is 25.5. The Balaban J connectivity index is 1.44. The van der Waals surface area contributed by atoms with Crippen molar-refractivity contribution in [3.63, 3.8) is 0 Å². The van der Waals surface area contributed by atoms with E-state index in [0.717, 1.165) is 49.6 Å². The first-order valence-electron chi connectivity index (χ1n) is 12.4. The Kier molecular flexibility index (Phi) is 5.56. The van der Waals surface area contributed by atoms with Gasteiger partial charge in [-0.05, 0) is 77.9 Å². The van der Waals surface area contributed by atoms with E-state index >= 15 is 0 Å². The van der Waals surface area contributed by atoms with E-state index in [1.54, 1.807) is 12.4 Å². The Labute approximate surface area is 228 Å². The van der Waals surface area contributed by atoms with E-state index in [1.807, 2.05) is 36.4 Å². The van der Waals surface area contributed by atoms with Crippen molar-refractivity contribution in [3.05, 3.63) is 132 Å². The summed E-state index contributed by atoms with van der Waals surface area (Å²) >= 11 is 3.78.